The van der Waals surface area contributed by atoms with Crippen molar-refractivity contribution < 1.29 is 9.53 Å². The van der Waals surface area contributed by atoms with Crippen LogP contribution in [0.1, 0.15) is 26.7 Å². The predicted molar refractivity (Wildman–Crippen MR) is 65.7 cm³/mol. The number of carbonyl (C=O) groups is 1. The number of alkyl halides is 1. The molecule has 1 amide bonds. The fourth-order valence-corrected chi connectivity index (χ4v) is 2.09. The van der Waals surface area contributed by atoms with E-state index in [0.717, 1.165) is 32.6 Å². The quantitative estimate of drug-likeness (QED) is 0.713. The zero-order chi connectivity index (χ0) is 12.2. The maximum absolute atomic E-state index is 12.1. The van der Waals surface area contributed by atoms with Gasteiger partial charge in [-0.05, 0) is 32.6 Å². The number of amides is 1. The molecule has 0 radical (unpaired) electrons. The van der Waals surface area contributed by atoms with E-state index < -0.39 is 5.41 Å². The van der Waals surface area contributed by atoms with Crippen molar-refractivity contribution in [2.75, 3.05) is 32.7 Å². The molecule has 1 saturated heterocycles. The second-order valence-electron chi connectivity index (χ2n) is 5.26. The summed E-state index contributed by atoms with van der Waals surface area (Å²) < 4.78 is 5.31. The lowest BCUT2D eigenvalue weighted by Gasteiger charge is -2.31. The molecule has 1 aliphatic rings. The van der Waals surface area contributed by atoms with E-state index in [1.807, 2.05) is 25.8 Å². The van der Waals surface area contributed by atoms with Gasteiger partial charge in [-0.3, -0.25) is 4.79 Å². The molecule has 0 aromatic rings. The van der Waals surface area contributed by atoms with Crippen molar-refractivity contribution >= 4 is 17.5 Å². The van der Waals surface area contributed by atoms with E-state index in [-0.39, 0.29) is 5.91 Å². The maximum Gasteiger partial charge on any atom is 0.229 e. The number of hydrogen-bond acceptors (Lipinski definition) is 2. The molecule has 0 unspecified atom stereocenters. The predicted octanol–water partition coefficient (Wildman–Crippen LogP) is 2.14. The molecule has 1 heterocycles. The Morgan fingerprint density at radius 3 is 2.50 bits per heavy atom. The molecular formula is C12H22ClNO2. The van der Waals surface area contributed by atoms with Crippen molar-refractivity contribution in [2.45, 2.75) is 26.7 Å². The molecule has 1 fully saturated rings. The zero-order valence-electron chi connectivity index (χ0n) is 10.5. The first kappa shape index (κ1) is 13.8. The molecule has 0 bridgehead atoms. The van der Waals surface area contributed by atoms with Crippen LogP contribution in [0.4, 0.5) is 0 Å². The lowest BCUT2D eigenvalue weighted by atomic mass is 9.93. The fraction of sp³-hybridized carbons (Fsp3) is 0.917. The Balaban J connectivity index is 2.44. The van der Waals surface area contributed by atoms with Crippen LogP contribution >= 0.6 is 11.6 Å². The Kier molecular flexibility index (Phi) is 5.06. The summed E-state index contributed by atoms with van der Waals surface area (Å²) in [5.74, 6) is 1.08. The molecule has 0 aromatic heterocycles. The van der Waals surface area contributed by atoms with Crippen LogP contribution in [-0.4, -0.2) is 43.5 Å². The lowest BCUT2D eigenvalue weighted by Crippen LogP contribution is -2.42. The fourth-order valence-electron chi connectivity index (χ4n) is 1.97. The highest BCUT2D eigenvalue weighted by atomic mass is 35.5. The number of hydrogen-bond donors (Lipinski definition) is 0. The van der Waals surface area contributed by atoms with Crippen LogP contribution in [-0.2, 0) is 9.53 Å². The minimum atomic E-state index is -0.457. The minimum Gasteiger partial charge on any atom is -0.381 e. The van der Waals surface area contributed by atoms with Gasteiger partial charge in [0.1, 0.15) is 0 Å². The first-order chi connectivity index (χ1) is 7.47. The third-order valence-electron chi connectivity index (χ3n) is 3.13. The van der Waals surface area contributed by atoms with E-state index in [1.54, 1.807) is 0 Å². The van der Waals surface area contributed by atoms with Gasteiger partial charge in [-0.15, -0.1) is 11.6 Å². The molecule has 1 aliphatic heterocycles. The zero-order valence-corrected chi connectivity index (χ0v) is 11.2. The molecule has 3 nitrogen and oxygen atoms in total. The van der Waals surface area contributed by atoms with Gasteiger partial charge in [0.2, 0.25) is 5.91 Å². The molecule has 94 valence electrons. The highest BCUT2D eigenvalue weighted by molar-refractivity contribution is 6.19. The van der Waals surface area contributed by atoms with Crippen molar-refractivity contribution in [1.29, 1.82) is 0 Å². The SMILES string of the molecule is CN(CC1CCOCC1)C(=O)C(C)(C)CCl. The highest BCUT2D eigenvalue weighted by Crippen LogP contribution is 2.22. The molecular weight excluding hydrogens is 226 g/mol. The average Bonchev–Trinajstić information content (AvgIpc) is 2.29. The number of halogens is 1. The summed E-state index contributed by atoms with van der Waals surface area (Å²) in [5.41, 5.74) is -0.457. The van der Waals surface area contributed by atoms with Crippen molar-refractivity contribution in [3.05, 3.63) is 0 Å². The van der Waals surface area contributed by atoms with Crippen LogP contribution < -0.4 is 0 Å². The molecule has 0 spiro atoms. The monoisotopic (exact) mass is 247 g/mol. The topological polar surface area (TPSA) is 29.5 Å². The Hall–Kier alpha value is -0.280. The molecule has 0 atom stereocenters. The summed E-state index contributed by atoms with van der Waals surface area (Å²) in [6.45, 7) is 6.26. The summed E-state index contributed by atoms with van der Waals surface area (Å²) in [5, 5.41) is 0. The van der Waals surface area contributed by atoms with Crippen molar-refractivity contribution in [3.63, 3.8) is 0 Å². The summed E-state index contributed by atoms with van der Waals surface area (Å²) >= 11 is 5.81. The normalized spacial score (nSPS) is 18.5. The van der Waals surface area contributed by atoms with Crippen LogP contribution in [0.15, 0.2) is 0 Å². The molecule has 0 saturated carbocycles. The van der Waals surface area contributed by atoms with Gasteiger partial charge in [-0.1, -0.05) is 0 Å². The number of nitrogens with zero attached hydrogens (tertiary/aromatic N) is 1. The number of ether oxygens (including phenoxy) is 1. The van der Waals surface area contributed by atoms with Crippen LogP contribution in [0.2, 0.25) is 0 Å². The third-order valence-corrected chi connectivity index (χ3v) is 3.80. The van der Waals surface area contributed by atoms with E-state index in [9.17, 15) is 4.79 Å². The van der Waals surface area contributed by atoms with Gasteiger partial charge in [-0.25, -0.2) is 0 Å². The van der Waals surface area contributed by atoms with E-state index in [0.29, 0.717) is 11.8 Å². The average molecular weight is 248 g/mol. The Labute approximate surface area is 103 Å². The molecule has 0 aliphatic carbocycles. The lowest BCUT2D eigenvalue weighted by molar-refractivity contribution is -0.138. The van der Waals surface area contributed by atoms with E-state index in [4.69, 9.17) is 16.3 Å². The first-order valence-corrected chi connectivity index (χ1v) is 6.40. The van der Waals surface area contributed by atoms with Gasteiger partial charge in [0.05, 0.1) is 5.41 Å². The summed E-state index contributed by atoms with van der Waals surface area (Å²) in [4.78, 5) is 13.9. The second kappa shape index (κ2) is 5.87. The van der Waals surface area contributed by atoms with Crippen LogP contribution in [0, 0.1) is 11.3 Å². The van der Waals surface area contributed by atoms with Gasteiger partial charge in [0.25, 0.3) is 0 Å². The maximum atomic E-state index is 12.1. The minimum absolute atomic E-state index is 0.133. The van der Waals surface area contributed by atoms with Crippen LogP contribution in [0.3, 0.4) is 0 Å². The standard InChI is InChI=1S/C12H22ClNO2/c1-12(2,9-13)11(15)14(3)8-10-4-6-16-7-5-10/h10H,4-9H2,1-3H3. The molecule has 0 aromatic carbocycles. The second-order valence-corrected chi connectivity index (χ2v) is 5.53. The van der Waals surface area contributed by atoms with E-state index in [1.165, 1.54) is 0 Å². The molecule has 0 N–H and O–H groups in total. The number of carbonyl (C=O) groups excluding carboxylic acids is 1. The van der Waals surface area contributed by atoms with Gasteiger partial charge in [0, 0.05) is 32.7 Å². The summed E-state index contributed by atoms with van der Waals surface area (Å²) in [6, 6.07) is 0. The van der Waals surface area contributed by atoms with E-state index in [2.05, 4.69) is 0 Å². The smallest absolute Gasteiger partial charge is 0.229 e. The summed E-state index contributed by atoms with van der Waals surface area (Å²) in [7, 11) is 1.87. The first-order valence-electron chi connectivity index (χ1n) is 5.86. The van der Waals surface area contributed by atoms with Gasteiger partial charge in [-0.2, -0.15) is 0 Å². The highest BCUT2D eigenvalue weighted by Gasteiger charge is 2.30. The van der Waals surface area contributed by atoms with Crippen molar-refractivity contribution in [2.24, 2.45) is 11.3 Å². The van der Waals surface area contributed by atoms with E-state index >= 15 is 0 Å². The molecule has 4 heteroatoms. The van der Waals surface area contributed by atoms with Gasteiger partial charge >= 0.3 is 0 Å². The Morgan fingerprint density at radius 1 is 1.44 bits per heavy atom. The third kappa shape index (κ3) is 3.63. The Morgan fingerprint density at radius 2 is 2.00 bits per heavy atom. The van der Waals surface area contributed by atoms with Crippen LogP contribution in [0.25, 0.3) is 0 Å². The molecule has 1 rings (SSSR count). The van der Waals surface area contributed by atoms with Crippen LogP contribution in [0.5, 0.6) is 0 Å². The molecule has 16 heavy (non-hydrogen) atoms. The van der Waals surface area contributed by atoms with Crippen molar-refractivity contribution in [3.8, 4) is 0 Å². The van der Waals surface area contributed by atoms with Gasteiger partial charge < -0.3 is 9.64 Å². The summed E-state index contributed by atoms with van der Waals surface area (Å²) in [6.07, 6.45) is 2.11. The largest absolute Gasteiger partial charge is 0.381 e. The van der Waals surface area contributed by atoms with Crippen molar-refractivity contribution in [1.82, 2.24) is 4.90 Å². The van der Waals surface area contributed by atoms with Gasteiger partial charge in [0.15, 0.2) is 0 Å². The number of rotatable bonds is 4. The Bertz CT molecular complexity index is 237.